The molecule has 2 aromatic rings. The summed E-state index contributed by atoms with van der Waals surface area (Å²) in [6.07, 6.45) is 1.60. The first-order chi connectivity index (χ1) is 6.61. The highest BCUT2D eigenvalue weighted by atomic mass is 32.1. The number of fused-ring (bicyclic) bond motifs is 1. The van der Waals surface area contributed by atoms with Crippen LogP contribution in [0.2, 0.25) is 0 Å². The van der Waals surface area contributed by atoms with Crippen LogP contribution in [0.3, 0.4) is 0 Å². The quantitative estimate of drug-likeness (QED) is 0.714. The maximum atomic E-state index is 5.28. The van der Waals surface area contributed by atoms with Gasteiger partial charge in [0.05, 0.1) is 6.33 Å². The van der Waals surface area contributed by atoms with Crippen LogP contribution in [0.4, 0.5) is 5.95 Å². The lowest BCUT2D eigenvalue weighted by Crippen LogP contribution is -2.17. The number of aromatic amines is 1. The molecule has 74 valence electrons. The van der Waals surface area contributed by atoms with Crippen LogP contribution in [0.15, 0.2) is 6.33 Å². The largest absolute Gasteiger partial charge is 0.348 e. The van der Waals surface area contributed by atoms with E-state index in [1.165, 1.54) is 0 Å². The van der Waals surface area contributed by atoms with Crippen LogP contribution in [0.5, 0.6) is 0 Å². The molecule has 0 aromatic carbocycles. The molecular weight excluding hydrogens is 198 g/mol. The first kappa shape index (κ1) is 9.14. The number of hydrogen-bond acceptors (Lipinski definition) is 4. The van der Waals surface area contributed by atoms with E-state index in [0.717, 1.165) is 16.1 Å². The van der Waals surface area contributed by atoms with Crippen molar-refractivity contribution in [2.45, 2.75) is 0 Å². The number of imidazole rings is 1. The molecular formula is C8H11N5S. The van der Waals surface area contributed by atoms with Gasteiger partial charge in [0, 0.05) is 21.1 Å². The lowest BCUT2D eigenvalue weighted by molar-refractivity contribution is 0.825. The molecule has 0 bridgehead atoms. The van der Waals surface area contributed by atoms with Gasteiger partial charge in [0.25, 0.3) is 0 Å². The third-order valence-electron chi connectivity index (χ3n) is 2.04. The molecule has 0 unspecified atom stereocenters. The fourth-order valence-electron chi connectivity index (χ4n) is 1.36. The third kappa shape index (κ3) is 1.19. The molecule has 1 N–H and O–H groups in total. The minimum atomic E-state index is 0.664. The van der Waals surface area contributed by atoms with E-state index in [9.17, 15) is 0 Å². The summed E-state index contributed by atoms with van der Waals surface area (Å²) in [6.45, 7) is 0. The number of H-pyrrole nitrogens is 1. The van der Waals surface area contributed by atoms with Gasteiger partial charge in [0.15, 0.2) is 5.65 Å². The van der Waals surface area contributed by atoms with E-state index in [1.54, 1.807) is 6.33 Å². The standard InChI is InChI=1S/C8H11N5S/c1-12(2)8-11-6-5(9-4-10-6)7(14)13(8)3/h4H,1-3H3,(H,9,10). The van der Waals surface area contributed by atoms with Gasteiger partial charge in [0.2, 0.25) is 5.95 Å². The van der Waals surface area contributed by atoms with E-state index in [1.807, 2.05) is 30.6 Å². The van der Waals surface area contributed by atoms with Crippen molar-refractivity contribution in [1.29, 1.82) is 0 Å². The summed E-state index contributed by atoms with van der Waals surface area (Å²) in [5, 5.41) is 0. The Morgan fingerprint density at radius 2 is 2.21 bits per heavy atom. The van der Waals surface area contributed by atoms with Crippen molar-refractivity contribution in [3.8, 4) is 0 Å². The Hall–Kier alpha value is -1.43. The predicted octanol–water partition coefficient (Wildman–Crippen LogP) is 1.09. The van der Waals surface area contributed by atoms with Crippen molar-refractivity contribution in [2.75, 3.05) is 19.0 Å². The zero-order valence-electron chi connectivity index (χ0n) is 8.27. The first-order valence-electron chi connectivity index (χ1n) is 4.18. The van der Waals surface area contributed by atoms with Crippen molar-refractivity contribution in [3.05, 3.63) is 11.0 Å². The average Bonchev–Trinajstić information content (AvgIpc) is 2.58. The Balaban J connectivity index is 2.87. The molecule has 0 saturated carbocycles. The fraction of sp³-hybridized carbons (Fsp3) is 0.375. The van der Waals surface area contributed by atoms with Gasteiger partial charge in [-0.15, -0.1) is 0 Å². The van der Waals surface area contributed by atoms with E-state index in [4.69, 9.17) is 12.2 Å². The lowest BCUT2D eigenvalue weighted by atomic mass is 10.5. The van der Waals surface area contributed by atoms with Crippen molar-refractivity contribution < 1.29 is 0 Å². The van der Waals surface area contributed by atoms with E-state index in [2.05, 4.69) is 15.0 Å². The van der Waals surface area contributed by atoms with E-state index >= 15 is 0 Å². The van der Waals surface area contributed by atoms with Gasteiger partial charge in [-0.2, -0.15) is 4.98 Å². The summed E-state index contributed by atoms with van der Waals surface area (Å²) in [5.41, 5.74) is 1.48. The molecule has 2 heterocycles. The smallest absolute Gasteiger partial charge is 0.207 e. The second-order valence-corrected chi connectivity index (χ2v) is 3.66. The van der Waals surface area contributed by atoms with Crippen molar-refractivity contribution in [3.63, 3.8) is 0 Å². The van der Waals surface area contributed by atoms with Gasteiger partial charge in [-0.3, -0.25) is 0 Å². The summed E-state index contributed by atoms with van der Waals surface area (Å²) in [6, 6.07) is 0. The average molecular weight is 209 g/mol. The van der Waals surface area contributed by atoms with Crippen LogP contribution >= 0.6 is 12.2 Å². The topological polar surface area (TPSA) is 49.7 Å². The Morgan fingerprint density at radius 1 is 1.50 bits per heavy atom. The van der Waals surface area contributed by atoms with Gasteiger partial charge >= 0.3 is 0 Å². The van der Waals surface area contributed by atoms with Crippen LogP contribution in [0.1, 0.15) is 0 Å². The molecule has 0 fully saturated rings. The van der Waals surface area contributed by atoms with E-state index < -0.39 is 0 Å². The molecule has 0 aliphatic heterocycles. The number of anilines is 1. The molecule has 2 rings (SSSR count). The molecule has 0 atom stereocenters. The van der Waals surface area contributed by atoms with Gasteiger partial charge < -0.3 is 14.5 Å². The molecule has 0 radical (unpaired) electrons. The first-order valence-corrected chi connectivity index (χ1v) is 4.59. The minimum Gasteiger partial charge on any atom is -0.348 e. The summed E-state index contributed by atoms with van der Waals surface area (Å²) >= 11 is 5.28. The maximum Gasteiger partial charge on any atom is 0.207 e. The van der Waals surface area contributed by atoms with Crippen LogP contribution < -0.4 is 4.90 Å². The fourth-order valence-corrected chi connectivity index (χ4v) is 1.59. The number of rotatable bonds is 1. The molecule has 0 spiro atoms. The Labute approximate surface area is 86.4 Å². The normalized spacial score (nSPS) is 10.8. The Bertz CT molecular complexity index is 524. The van der Waals surface area contributed by atoms with Crippen LogP contribution in [0.25, 0.3) is 11.2 Å². The molecule has 0 aliphatic carbocycles. The van der Waals surface area contributed by atoms with Gasteiger partial charge in [0.1, 0.15) is 10.2 Å². The molecule has 5 nitrogen and oxygen atoms in total. The summed E-state index contributed by atoms with van der Waals surface area (Å²) in [7, 11) is 5.75. The third-order valence-corrected chi connectivity index (χ3v) is 2.52. The zero-order chi connectivity index (χ0) is 10.3. The zero-order valence-corrected chi connectivity index (χ0v) is 9.09. The number of aromatic nitrogens is 4. The Morgan fingerprint density at radius 3 is 2.86 bits per heavy atom. The predicted molar refractivity (Wildman–Crippen MR) is 58.0 cm³/mol. The molecule has 6 heteroatoms. The number of nitrogens with one attached hydrogen (secondary N) is 1. The van der Waals surface area contributed by atoms with Gasteiger partial charge in [-0.05, 0) is 0 Å². The van der Waals surface area contributed by atoms with Crippen molar-refractivity contribution in [1.82, 2.24) is 19.5 Å². The van der Waals surface area contributed by atoms with E-state index in [-0.39, 0.29) is 0 Å². The number of nitrogens with zero attached hydrogens (tertiary/aromatic N) is 4. The molecule has 0 saturated heterocycles. The maximum absolute atomic E-state index is 5.28. The van der Waals surface area contributed by atoms with Gasteiger partial charge in [-0.25, -0.2) is 4.98 Å². The molecule has 0 amide bonds. The monoisotopic (exact) mass is 209 g/mol. The summed E-state index contributed by atoms with van der Waals surface area (Å²) in [5.74, 6) is 0.801. The highest BCUT2D eigenvalue weighted by Crippen LogP contribution is 2.14. The van der Waals surface area contributed by atoms with E-state index in [0.29, 0.717) is 5.65 Å². The Kier molecular flexibility index (Phi) is 1.99. The second kappa shape index (κ2) is 3.06. The molecule has 14 heavy (non-hydrogen) atoms. The summed E-state index contributed by atoms with van der Waals surface area (Å²) in [4.78, 5) is 13.3. The lowest BCUT2D eigenvalue weighted by Gasteiger charge is -2.15. The molecule has 2 aromatic heterocycles. The van der Waals surface area contributed by atoms with Crippen molar-refractivity contribution in [2.24, 2.45) is 7.05 Å². The van der Waals surface area contributed by atoms with Gasteiger partial charge in [-0.1, -0.05) is 12.2 Å². The summed E-state index contributed by atoms with van der Waals surface area (Å²) < 4.78 is 2.58. The highest BCUT2D eigenvalue weighted by molar-refractivity contribution is 7.71. The van der Waals surface area contributed by atoms with Crippen LogP contribution in [-0.4, -0.2) is 33.6 Å². The van der Waals surface area contributed by atoms with Crippen molar-refractivity contribution >= 4 is 29.3 Å². The highest BCUT2D eigenvalue weighted by Gasteiger charge is 2.08. The SMILES string of the molecule is CN(C)c1nc2nc[nH]c2c(=S)n1C. The molecule has 0 aliphatic rings. The second-order valence-electron chi connectivity index (χ2n) is 3.27. The van der Waals surface area contributed by atoms with Crippen LogP contribution in [-0.2, 0) is 7.05 Å². The number of hydrogen-bond donors (Lipinski definition) is 1. The van der Waals surface area contributed by atoms with Crippen LogP contribution in [0, 0.1) is 4.64 Å². The minimum absolute atomic E-state index is 0.664.